The highest BCUT2D eigenvalue weighted by molar-refractivity contribution is 7.87. The lowest BCUT2D eigenvalue weighted by molar-refractivity contribution is -0.223. The Morgan fingerprint density at radius 1 is 0.804 bits per heavy atom. The van der Waals surface area contributed by atoms with E-state index in [0.717, 1.165) is 5.56 Å². The number of rotatable bonds is 12. The summed E-state index contributed by atoms with van der Waals surface area (Å²) < 4.78 is 65.9. The minimum atomic E-state index is -4.65. The van der Waals surface area contributed by atoms with Crippen molar-refractivity contribution in [2.24, 2.45) is 5.92 Å². The molecule has 2 fully saturated rings. The van der Waals surface area contributed by atoms with Crippen LogP contribution in [-0.4, -0.2) is 82.7 Å². The number of carbonyl (C=O) groups is 1. The highest BCUT2D eigenvalue weighted by atomic mass is 32.2. The number of hydrogen-bond acceptors (Lipinski definition) is 10. The first-order valence-electron chi connectivity index (χ1n) is 16.3. The molecule has 0 aliphatic carbocycles. The SMILES string of the molecule is O=C1[C@H](CC[C@H](O)c2ccc(F)cc2)[C@@H](c2ccc(-c3ccccc3)cc2OS(=O)(=O)CC2O[C@H](CO)[C@@H](O)[C@H](O)[C@H]2O)N1c1ccc(F)cc1. The molecular weight excluding hydrogens is 688 g/mol. The molecule has 5 N–H and O–H groups in total. The third kappa shape index (κ3) is 7.82. The molecule has 11 nitrogen and oxygen atoms in total. The maximum atomic E-state index is 13.9. The molecule has 0 bridgehead atoms. The van der Waals surface area contributed by atoms with Gasteiger partial charge in [0.2, 0.25) is 5.91 Å². The quantitative estimate of drug-likeness (QED) is 0.108. The van der Waals surface area contributed by atoms with Crippen molar-refractivity contribution in [3.8, 4) is 16.9 Å². The first-order valence-corrected chi connectivity index (χ1v) is 17.9. The van der Waals surface area contributed by atoms with Crippen LogP contribution < -0.4 is 9.08 Å². The van der Waals surface area contributed by atoms with Gasteiger partial charge in [-0.2, -0.15) is 8.42 Å². The van der Waals surface area contributed by atoms with E-state index in [1.54, 1.807) is 36.4 Å². The van der Waals surface area contributed by atoms with E-state index in [1.165, 1.54) is 59.5 Å². The Kier molecular flexibility index (Phi) is 10.8. The summed E-state index contributed by atoms with van der Waals surface area (Å²) in [6.45, 7) is -0.752. The second-order valence-corrected chi connectivity index (χ2v) is 14.3. The van der Waals surface area contributed by atoms with Crippen LogP contribution in [0.5, 0.6) is 5.75 Å². The molecule has 14 heteroatoms. The van der Waals surface area contributed by atoms with Crippen molar-refractivity contribution in [2.45, 2.75) is 55.5 Å². The molecule has 2 saturated heterocycles. The van der Waals surface area contributed by atoms with Gasteiger partial charge in [0, 0.05) is 11.3 Å². The van der Waals surface area contributed by atoms with Gasteiger partial charge in [0.15, 0.2) is 0 Å². The molecule has 1 unspecified atom stereocenters. The van der Waals surface area contributed by atoms with Gasteiger partial charge < -0.3 is 39.4 Å². The minimum Gasteiger partial charge on any atom is -0.394 e. The number of anilines is 1. The Balaban J connectivity index is 1.36. The molecule has 51 heavy (non-hydrogen) atoms. The Morgan fingerprint density at radius 3 is 2.08 bits per heavy atom. The van der Waals surface area contributed by atoms with E-state index in [0.29, 0.717) is 16.8 Å². The normalized spacial score (nSPS) is 25.7. The molecule has 8 atom stereocenters. The molecule has 4 aromatic rings. The Hall–Kier alpha value is -4.28. The summed E-state index contributed by atoms with van der Waals surface area (Å²) in [5.41, 5.74) is 2.35. The predicted octanol–water partition coefficient (Wildman–Crippen LogP) is 3.40. The monoisotopic (exact) mass is 725 g/mol. The highest BCUT2D eigenvalue weighted by Gasteiger charge is 2.50. The van der Waals surface area contributed by atoms with E-state index in [1.807, 2.05) is 6.07 Å². The lowest BCUT2D eigenvalue weighted by Gasteiger charge is -2.48. The Morgan fingerprint density at radius 2 is 1.43 bits per heavy atom. The molecule has 6 rings (SSSR count). The van der Waals surface area contributed by atoms with Crippen molar-refractivity contribution in [3.63, 3.8) is 0 Å². The van der Waals surface area contributed by atoms with Crippen LogP contribution >= 0.6 is 0 Å². The van der Waals surface area contributed by atoms with Gasteiger partial charge in [0.05, 0.1) is 24.7 Å². The third-order valence-electron chi connectivity index (χ3n) is 9.34. The minimum absolute atomic E-state index is 0.101. The number of halogens is 2. The van der Waals surface area contributed by atoms with Crippen LogP contribution in [-0.2, 0) is 19.6 Å². The number of carbonyl (C=O) groups excluding carboxylic acids is 1. The van der Waals surface area contributed by atoms with Crippen LogP contribution in [0.2, 0.25) is 0 Å². The number of β-lactam (4-membered cyclic amide) rings is 1. The van der Waals surface area contributed by atoms with Crippen LogP contribution in [0.15, 0.2) is 97.1 Å². The fraction of sp³-hybridized carbons (Fsp3) is 0.324. The van der Waals surface area contributed by atoms with Gasteiger partial charge in [-0.3, -0.25) is 4.79 Å². The lowest BCUT2D eigenvalue weighted by Crippen LogP contribution is -2.60. The van der Waals surface area contributed by atoms with Gasteiger partial charge in [-0.25, -0.2) is 8.78 Å². The molecule has 0 spiro atoms. The van der Waals surface area contributed by atoms with E-state index < -0.39 is 82.7 Å². The van der Waals surface area contributed by atoms with Crippen molar-refractivity contribution in [3.05, 3.63) is 120 Å². The average Bonchev–Trinajstić information content (AvgIpc) is 3.12. The van der Waals surface area contributed by atoms with Crippen LogP contribution in [0.4, 0.5) is 14.5 Å². The summed E-state index contributed by atoms with van der Waals surface area (Å²) in [7, 11) is -4.65. The molecule has 2 aliphatic rings. The van der Waals surface area contributed by atoms with Crippen molar-refractivity contribution >= 4 is 21.7 Å². The van der Waals surface area contributed by atoms with E-state index in [4.69, 9.17) is 8.92 Å². The molecule has 0 radical (unpaired) electrons. The van der Waals surface area contributed by atoms with Gasteiger partial charge in [-0.15, -0.1) is 0 Å². The average molecular weight is 726 g/mol. The molecule has 270 valence electrons. The summed E-state index contributed by atoms with van der Waals surface area (Å²) in [6, 6.07) is 23.5. The fourth-order valence-corrected chi connectivity index (χ4v) is 7.78. The maximum Gasteiger partial charge on any atom is 0.311 e. The number of aliphatic hydroxyl groups excluding tert-OH is 5. The van der Waals surface area contributed by atoms with E-state index in [9.17, 15) is 47.5 Å². The second kappa shape index (κ2) is 15.1. The number of aliphatic hydroxyl groups is 5. The standard InChI is InChI=1S/C37H37F2NO10S/c38-24-9-6-22(7-10-24)29(42)17-16-28-33(40(37(28)46)26-13-11-25(39)12-14-26)27-15-8-23(21-4-2-1-3-5-21)18-30(27)50-51(47,48)20-32-35(44)36(45)34(43)31(19-41)49-32/h1-15,18,28-29,31-36,41-45H,16-17,19-20H2/t28-,29+,31-,32?,33-,34-,35+,36+/m1/s1. The largest absolute Gasteiger partial charge is 0.394 e. The summed E-state index contributed by atoms with van der Waals surface area (Å²) in [5, 5.41) is 51.4. The zero-order chi connectivity index (χ0) is 36.4. The van der Waals surface area contributed by atoms with Crippen LogP contribution in [0.1, 0.15) is 36.1 Å². The maximum absolute atomic E-state index is 13.9. The molecule has 2 heterocycles. The zero-order valence-corrected chi connectivity index (χ0v) is 27.9. The summed E-state index contributed by atoms with van der Waals surface area (Å²) >= 11 is 0. The molecule has 4 aromatic carbocycles. The van der Waals surface area contributed by atoms with Gasteiger partial charge in [0.25, 0.3) is 0 Å². The summed E-state index contributed by atoms with van der Waals surface area (Å²) in [4.78, 5) is 15.1. The van der Waals surface area contributed by atoms with Crippen molar-refractivity contribution in [1.82, 2.24) is 0 Å². The van der Waals surface area contributed by atoms with Crippen molar-refractivity contribution in [2.75, 3.05) is 17.3 Å². The molecular formula is C37H37F2NO10S. The molecule has 2 aliphatic heterocycles. The van der Waals surface area contributed by atoms with Gasteiger partial charge in [0.1, 0.15) is 53.7 Å². The topological polar surface area (TPSA) is 174 Å². The summed E-state index contributed by atoms with van der Waals surface area (Å²) in [5.74, 6) is -3.28. The second-order valence-electron chi connectivity index (χ2n) is 12.7. The van der Waals surface area contributed by atoms with Crippen LogP contribution in [0.25, 0.3) is 11.1 Å². The van der Waals surface area contributed by atoms with Crippen LogP contribution in [0, 0.1) is 17.6 Å². The first-order chi connectivity index (χ1) is 24.4. The predicted molar refractivity (Wildman–Crippen MR) is 181 cm³/mol. The molecule has 1 amide bonds. The number of nitrogens with zero attached hydrogens (tertiary/aromatic N) is 1. The van der Waals surface area contributed by atoms with Gasteiger partial charge in [-0.1, -0.05) is 54.6 Å². The first kappa shape index (κ1) is 36.5. The van der Waals surface area contributed by atoms with E-state index in [2.05, 4.69) is 0 Å². The summed E-state index contributed by atoms with van der Waals surface area (Å²) in [6.07, 6.45) is -9.03. The van der Waals surface area contributed by atoms with E-state index in [-0.39, 0.29) is 30.1 Å². The smallest absolute Gasteiger partial charge is 0.311 e. The highest BCUT2D eigenvalue weighted by Crippen LogP contribution is 2.49. The Bertz CT molecular complexity index is 1930. The third-order valence-corrected chi connectivity index (χ3v) is 10.5. The van der Waals surface area contributed by atoms with Gasteiger partial charge >= 0.3 is 10.1 Å². The van der Waals surface area contributed by atoms with Crippen LogP contribution in [0.3, 0.4) is 0 Å². The number of amides is 1. The van der Waals surface area contributed by atoms with E-state index >= 15 is 0 Å². The molecule has 0 aromatic heterocycles. The fourth-order valence-electron chi connectivity index (χ4n) is 6.61. The number of ether oxygens (including phenoxy) is 1. The Labute approximate surface area is 293 Å². The lowest BCUT2D eigenvalue weighted by atomic mass is 9.77. The van der Waals surface area contributed by atoms with Crippen molar-refractivity contribution < 1.29 is 56.4 Å². The zero-order valence-electron chi connectivity index (χ0n) is 27.1. The number of hydrogen-bond donors (Lipinski definition) is 5. The van der Waals surface area contributed by atoms with Crippen molar-refractivity contribution in [1.29, 1.82) is 0 Å². The van der Waals surface area contributed by atoms with Gasteiger partial charge in [-0.05, 0) is 72.0 Å². The molecule has 0 saturated carbocycles. The number of benzene rings is 4.